The molecule has 0 unspecified atom stereocenters. The summed E-state index contributed by atoms with van der Waals surface area (Å²) in [6.07, 6.45) is 3.36. The summed E-state index contributed by atoms with van der Waals surface area (Å²) >= 11 is 0. The largest absolute Gasteiger partial charge is 0.508 e. The van der Waals surface area contributed by atoms with E-state index in [1.807, 2.05) is 48.7 Å². The number of hydrogen-bond acceptors (Lipinski definition) is 4. The number of benzene rings is 3. The second-order valence-corrected chi connectivity index (χ2v) is 7.96. The van der Waals surface area contributed by atoms with Gasteiger partial charge in [0.1, 0.15) is 11.5 Å². The number of aromatic nitrogens is 3. The molecule has 2 heterocycles. The third kappa shape index (κ3) is 3.93. The molecular weight excluding hydrogens is 398 g/mol. The normalized spacial score (nSPS) is 11.2. The lowest BCUT2D eigenvalue weighted by atomic mass is 10.1. The predicted molar refractivity (Wildman–Crippen MR) is 125 cm³/mol. The van der Waals surface area contributed by atoms with Gasteiger partial charge in [0, 0.05) is 30.3 Å². The zero-order chi connectivity index (χ0) is 22.1. The van der Waals surface area contributed by atoms with Crippen LogP contribution in [0.15, 0.2) is 85.1 Å². The van der Waals surface area contributed by atoms with Gasteiger partial charge in [0.2, 0.25) is 0 Å². The number of hydrogen-bond donors (Lipinski definition) is 2. The van der Waals surface area contributed by atoms with Crippen molar-refractivity contribution in [2.45, 2.75) is 19.8 Å². The average molecular weight is 422 g/mol. The molecule has 0 atom stereocenters. The van der Waals surface area contributed by atoms with Crippen molar-refractivity contribution in [1.29, 1.82) is 0 Å². The summed E-state index contributed by atoms with van der Waals surface area (Å²) in [5.41, 5.74) is 7.83. The second-order valence-electron chi connectivity index (χ2n) is 7.96. The molecule has 0 aliphatic rings. The Morgan fingerprint density at radius 1 is 0.688 bits per heavy atom. The van der Waals surface area contributed by atoms with Gasteiger partial charge in [0.15, 0.2) is 5.65 Å². The van der Waals surface area contributed by atoms with Crippen molar-refractivity contribution in [2.75, 3.05) is 0 Å². The molecule has 5 aromatic rings. The molecule has 0 saturated heterocycles. The summed E-state index contributed by atoms with van der Waals surface area (Å²) < 4.78 is 2.11. The first kappa shape index (κ1) is 19.8. The minimum atomic E-state index is 0.231. The average Bonchev–Trinajstić information content (AvgIpc) is 3.12. The van der Waals surface area contributed by atoms with Crippen LogP contribution in [0.5, 0.6) is 11.5 Å². The van der Waals surface area contributed by atoms with Crippen molar-refractivity contribution in [2.24, 2.45) is 0 Å². The van der Waals surface area contributed by atoms with Crippen LogP contribution in [0.4, 0.5) is 0 Å². The van der Waals surface area contributed by atoms with Gasteiger partial charge in [-0.3, -0.25) is 0 Å². The molecule has 32 heavy (non-hydrogen) atoms. The van der Waals surface area contributed by atoms with Crippen LogP contribution in [0.3, 0.4) is 0 Å². The minimum Gasteiger partial charge on any atom is -0.508 e. The van der Waals surface area contributed by atoms with E-state index in [0.29, 0.717) is 12.8 Å². The van der Waals surface area contributed by atoms with E-state index in [0.717, 1.165) is 39.5 Å². The molecule has 5 heteroatoms. The maximum absolute atomic E-state index is 9.68. The number of imidazole rings is 1. The van der Waals surface area contributed by atoms with Gasteiger partial charge in [-0.15, -0.1) is 0 Å². The standard InChI is InChI=1S/C27H23N3O2/c1-18-24(15-20-7-11-22(31)12-8-20)29-27-25(16-19-5-3-2-4-6-19)28-26(17-30(18)27)21-9-13-23(32)14-10-21/h2-14,17,31-32H,15-16H2,1H3. The van der Waals surface area contributed by atoms with Crippen LogP contribution in [0.25, 0.3) is 16.9 Å². The van der Waals surface area contributed by atoms with Crippen molar-refractivity contribution >= 4 is 5.65 Å². The molecular formula is C27H23N3O2. The Balaban J connectivity index is 1.63. The second kappa shape index (κ2) is 8.19. The highest BCUT2D eigenvalue weighted by Gasteiger charge is 2.16. The van der Waals surface area contributed by atoms with Crippen molar-refractivity contribution in [3.63, 3.8) is 0 Å². The molecule has 5 rings (SSSR count). The van der Waals surface area contributed by atoms with Gasteiger partial charge in [-0.25, -0.2) is 9.97 Å². The Morgan fingerprint density at radius 3 is 1.97 bits per heavy atom. The summed E-state index contributed by atoms with van der Waals surface area (Å²) in [5.74, 6) is 0.489. The number of phenols is 2. The zero-order valence-corrected chi connectivity index (χ0v) is 17.7. The van der Waals surface area contributed by atoms with Crippen LogP contribution in [0.1, 0.15) is 28.2 Å². The molecule has 0 radical (unpaired) electrons. The van der Waals surface area contributed by atoms with E-state index in [4.69, 9.17) is 9.97 Å². The Morgan fingerprint density at radius 2 is 1.28 bits per heavy atom. The highest BCUT2D eigenvalue weighted by molar-refractivity contribution is 5.63. The molecule has 0 bridgehead atoms. The fourth-order valence-electron chi connectivity index (χ4n) is 3.92. The predicted octanol–water partition coefficient (Wildman–Crippen LogP) is 5.30. The molecule has 5 nitrogen and oxygen atoms in total. The van der Waals surface area contributed by atoms with E-state index in [-0.39, 0.29) is 11.5 Å². The quantitative estimate of drug-likeness (QED) is 0.404. The van der Waals surface area contributed by atoms with Crippen LogP contribution >= 0.6 is 0 Å². The van der Waals surface area contributed by atoms with Gasteiger partial charge >= 0.3 is 0 Å². The Bertz CT molecular complexity index is 1370. The zero-order valence-electron chi connectivity index (χ0n) is 17.7. The molecule has 0 aliphatic carbocycles. The monoisotopic (exact) mass is 421 g/mol. The fraction of sp³-hybridized carbons (Fsp3) is 0.111. The lowest BCUT2D eigenvalue weighted by Crippen LogP contribution is -2.01. The smallest absolute Gasteiger partial charge is 0.159 e. The summed E-state index contributed by atoms with van der Waals surface area (Å²) in [7, 11) is 0. The number of aromatic hydroxyl groups is 2. The molecule has 0 spiro atoms. The van der Waals surface area contributed by atoms with E-state index < -0.39 is 0 Å². The van der Waals surface area contributed by atoms with Gasteiger partial charge < -0.3 is 14.6 Å². The molecule has 0 amide bonds. The van der Waals surface area contributed by atoms with E-state index in [1.165, 1.54) is 5.56 Å². The number of phenolic OH excluding ortho intramolecular Hbond substituents is 2. The summed E-state index contributed by atoms with van der Waals surface area (Å²) in [5, 5.41) is 19.3. The highest BCUT2D eigenvalue weighted by Crippen LogP contribution is 2.26. The summed E-state index contributed by atoms with van der Waals surface area (Å²) in [4.78, 5) is 9.94. The van der Waals surface area contributed by atoms with Crippen molar-refractivity contribution < 1.29 is 10.2 Å². The number of fused-ring (bicyclic) bond motifs is 1. The Hall–Kier alpha value is -4.12. The van der Waals surface area contributed by atoms with Crippen molar-refractivity contribution in [1.82, 2.24) is 14.4 Å². The molecule has 0 fully saturated rings. The third-order valence-electron chi connectivity index (χ3n) is 5.70. The van der Waals surface area contributed by atoms with Crippen LogP contribution in [-0.4, -0.2) is 24.6 Å². The van der Waals surface area contributed by atoms with Crippen molar-refractivity contribution in [3.8, 4) is 22.8 Å². The lowest BCUT2D eigenvalue weighted by Gasteiger charge is -2.09. The van der Waals surface area contributed by atoms with Gasteiger partial charge in [-0.1, -0.05) is 42.5 Å². The SMILES string of the molecule is Cc1c(Cc2ccc(O)cc2)nc2c(Cc3ccccc3)nc(-c3ccc(O)cc3)cn12. The van der Waals surface area contributed by atoms with Gasteiger partial charge in [-0.05, 0) is 54.4 Å². The van der Waals surface area contributed by atoms with E-state index in [1.54, 1.807) is 24.3 Å². The first-order chi connectivity index (χ1) is 15.6. The first-order valence-electron chi connectivity index (χ1n) is 10.6. The van der Waals surface area contributed by atoms with Crippen molar-refractivity contribution in [3.05, 3.63) is 113 Å². The molecule has 2 aromatic heterocycles. The van der Waals surface area contributed by atoms with Crippen LogP contribution in [0.2, 0.25) is 0 Å². The minimum absolute atomic E-state index is 0.231. The Kier molecular flexibility index (Phi) is 5.07. The number of aryl methyl sites for hydroxylation is 1. The van der Waals surface area contributed by atoms with Gasteiger partial charge in [-0.2, -0.15) is 0 Å². The van der Waals surface area contributed by atoms with E-state index >= 15 is 0 Å². The molecule has 3 aromatic carbocycles. The fourth-order valence-corrected chi connectivity index (χ4v) is 3.92. The highest BCUT2D eigenvalue weighted by atomic mass is 16.3. The van der Waals surface area contributed by atoms with Gasteiger partial charge in [0.25, 0.3) is 0 Å². The Labute approximate surface area is 186 Å². The maximum atomic E-state index is 9.68. The molecule has 0 aliphatic heterocycles. The van der Waals surface area contributed by atoms with Crippen LogP contribution in [-0.2, 0) is 12.8 Å². The van der Waals surface area contributed by atoms with Crippen LogP contribution < -0.4 is 0 Å². The molecule has 158 valence electrons. The molecule has 0 saturated carbocycles. The number of nitrogens with zero attached hydrogens (tertiary/aromatic N) is 3. The maximum Gasteiger partial charge on any atom is 0.159 e. The summed E-state index contributed by atoms with van der Waals surface area (Å²) in [6.45, 7) is 2.07. The number of rotatable bonds is 5. The first-order valence-corrected chi connectivity index (χ1v) is 10.6. The van der Waals surface area contributed by atoms with Gasteiger partial charge in [0.05, 0.1) is 17.1 Å². The third-order valence-corrected chi connectivity index (χ3v) is 5.70. The topological polar surface area (TPSA) is 70.7 Å². The van der Waals surface area contributed by atoms with Crippen LogP contribution in [0, 0.1) is 6.92 Å². The summed E-state index contributed by atoms with van der Waals surface area (Å²) in [6, 6.07) is 24.6. The lowest BCUT2D eigenvalue weighted by molar-refractivity contribution is 0.474. The van der Waals surface area contributed by atoms with E-state index in [9.17, 15) is 10.2 Å². The molecule has 2 N–H and O–H groups in total. The van der Waals surface area contributed by atoms with E-state index in [2.05, 4.69) is 23.5 Å².